The Balaban J connectivity index is 1.88. The first kappa shape index (κ1) is 15.5. The molecule has 2 heterocycles. The Hall–Kier alpha value is -2.98. The monoisotopic (exact) mass is 346 g/mol. The predicted molar refractivity (Wildman–Crippen MR) is 103 cm³/mol. The first-order valence-electron chi connectivity index (χ1n) is 7.90. The van der Waals surface area contributed by atoms with Crippen LogP contribution in [-0.2, 0) is 0 Å². The van der Waals surface area contributed by atoms with Crippen LogP contribution in [-0.4, -0.2) is 22.0 Å². The zero-order valence-corrected chi connectivity index (χ0v) is 14.3. The van der Waals surface area contributed by atoms with E-state index in [1.165, 1.54) is 0 Å². The van der Waals surface area contributed by atoms with Crippen LogP contribution in [0.2, 0.25) is 5.02 Å². The molecule has 0 unspecified atom stereocenters. The molecule has 0 radical (unpaired) electrons. The maximum atomic E-state index is 6.12. The number of aromatic nitrogens is 3. The Kier molecular flexibility index (Phi) is 4.04. The molecule has 4 nitrogen and oxygen atoms in total. The Bertz CT molecular complexity index is 1050. The number of pyridine rings is 1. The van der Waals surface area contributed by atoms with Crippen LogP contribution >= 0.6 is 11.6 Å². The summed E-state index contributed by atoms with van der Waals surface area (Å²) < 4.78 is 0. The zero-order chi connectivity index (χ0) is 17.2. The molecule has 0 bridgehead atoms. The van der Waals surface area contributed by atoms with E-state index in [1.807, 2.05) is 55.6 Å². The van der Waals surface area contributed by atoms with Crippen LogP contribution < -0.4 is 5.32 Å². The van der Waals surface area contributed by atoms with Crippen molar-refractivity contribution in [3.63, 3.8) is 0 Å². The van der Waals surface area contributed by atoms with E-state index in [0.29, 0.717) is 5.82 Å². The molecule has 0 spiro atoms. The van der Waals surface area contributed by atoms with Gasteiger partial charge in [-0.2, -0.15) is 0 Å². The molecule has 4 rings (SSSR count). The lowest BCUT2D eigenvalue weighted by Crippen LogP contribution is -1.99. The molecular weight excluding hydrogens is 332 g/mol. The summed E-state index contributed by atoms with van der Waals surface area (Å²) in [5, 5.41) is 4.86. The summed E-state index contributed by atoms with van der Waals surface area (Å²) in [4.78, 5) is 13.5. The van der Waals surface area contributed by atoms with Gasteiger partial charge in [-0.15, -0.1) is 0 Å². The minimum absolute atomic E-state index is 0.653. The molecule has 2 aromatic heterocycles. The standard InChI is InChI=1S/C20H15ClN4/c1-22-20-17-11-14(13-4-2-6-16(21)10-13)7-8-18(17)24-19(25-20)15-5-3-9-23-12-15/h2-12H,1H3,(H,22,24,25). The fourth-order valence-electron chi connectivity index (χ4n) is 2.79. The molecule has 0 aliphatic heterocycles. The summed E-state index contributed by atoms with van der Waals surface area (Å²) >= 11 is 6.12. The molecule has 122 valence electrons. The van der Waals surface area contributed by atoms with Crippen molar-refractivity contribution in [2.45, 2.75) is 0 Å². The van der Waals surface area contributed by atoms with Gasteiger partial charge in [-0.25, -0.2) is 9.97 Å². The van der Waals surface area contributed by atoms with Gasteiger partial charge in [0.05, 0.1) is 5.52 Å². The number of hydrogen-bond acceptors (Lipinski definition) is 4. The second-order valence-electron chi connectivity index (χ2n) is 5.63. The highest BCUT2D eigenvalue weighted by atomic mass is 35.5. The SMILES string of the molecule is CNc1nc(-c2cccnc2)nc2ccc(-c3cccc(Cl)c3)cc12. The molecule has 25 heavy (non-hydrogen) atoms. The highest BCUT2D eigenvalue weighted by Gasteiger charge is 2.10. The summed E-state index contributed by atoms with van der Waals surface area (Å²) in [6.45, 7) is 0. The molecule has 0 atom stereocenters. The van der Waals surface area contributed by atoms with Crippen LogP contribution in [0.4, 0.5) is 5.82 Å². The average molecular weight is 347 g/mol. The molecular formula is C20H15ClN4. The van der Waals surface area contributed by atoms with Gasteiger partial charge in [0.1, 0.15) is 5.82 Å². The van der Waals surface area contributed by atoms with Crippen molar-refractivity contribution in [3.05, 3.63) is 72.0 Å². The molecule has 1 N–H and O–H groups in total. The van der Waals surface area contributed by atoms with Gasteiger partial charge in [0.25, 0.3) is 0 Å². The lowest BCUT2D eigenvalue weighted by molar-refractivity contribution is 1.20. The highest BCUT2D eigenvalue weighted by Crippen LogP contribution is 2.30. The Morgan fingerprint density at radius 1 is 0.880 bits per heavy atom. The zero-order valence-electron chi connectivity index (χ0n) is 13.6. The van der Waals surface area contributed by atoms with E-state index in [2.05, 4.69) is 26.3 Å². The van der Waals surface area contributed by atoms with Gasteiger partial charge in [0.15, 0.2) is 5.82 Å². The summed E-state index contributed by atoms with van der Waals surface area (Å²) in [5.41, 5.74) is 3.90. The quantitative estimate of drug-likeness (QED) is 0.563. The molecule has 0 saturated carbocycles. The summed E-state index contributed by atoms with van der Waals surface area (Å²) in [7, 11) is 1.86. The number of rotatable bonds is 3. The molecule has 0 aliphatic carbocycles. The largest absolute Gasteiger partial charge is 0.373 e. The maximum Gasteiger partial charge on any atom is 0.163 e. The Morgan fingerprint density at radius 3 is 2.48 bits per heavy atom. The van der Waals surface area contributed by atoms with Crippen molar-refractivity contribution in [2.24, 2.45) is 0 Å². The van der Waals surface area contributed by atoms with Gasteiger partial charge < -0.3 is 5.32 Å². The van der Waals surface area contributed by atoms with Crippen LogP contribution in [0.5, 0.6) is 0 Å². The van der Waals surface area contributed by atoms with E-state index >= 15 is 0 Å². The average Bonchev–Trinajstić information content (AvgIpc) is 2.67. The number of nitrogens with one attached hydrogen (secondary N) is 1. The van der Waals surface area contributed by atoms with Crippen molar-refractivity contribution in [1.82, 2.24) is 15.0 Å². The first-order valence-corrected chi connectivity index (χ1v) is 8.28. The van der Waals surface area contributed by atoms with Crippen molar-refractivity contribution < 1.29 is 0 Å². The van der Waals surface area contributed by atoms with E-state index in [-0.39, 0.29) is 0 Å². The predicted octanol–water partition coefficient (Wildman–Crippen LogP) is 5.05. The molecule has 0 amide bonds. The Labute approximate surface area is 150 Å². The maximum absolute atomic E-state index is 6.12. The second kappa shape index (κ2) is 6.49. The van der Waals surface area contributed by atoms with E-state index in [9.17, 15) is 0 Å². The summed E-state index contributed by atoms with van der Waals surface area (Å²) in [6.07, 6.45) is 3.50. The number of nitrogens with zero attached hydrogens (tertiary/aromatic N) is 3. The third kappa shape index (κ3) is 3.04. The Morgan fingerprint density at radius 2 is 1.72 bits per heavy atom. The van der Waals surface area contributed by atoms with E-state index < -0.39 is 0 Å². The number of benzene rings is 2. The van der Waals surface area contributed by atoms with Crippen molar-refractivity contribution in [3.8, 4) is 22.5 Å². The normalized spacial score (nSPS) is 10.8. The third-order valence-electron chi connectivity index (χ3n) is 4.01. The van der Waals surface area contributed by atoms with Crippen LogP contribution in [0.3, 0.4) is 0 Å². The van der Waals surface area contributed by atoms with E-state index in [4.69, 9.17) is 11.6 Å². The van der Waals surface area contributed by atoms with E-state index in [0.717, 1.165) is 38.4 Å². The minimum Gasteiger partial charge on any atom is -0.373 e. The van der Waals surface area contributed by atoms with Gasteiger partial charge >= 0.3 is 0 Å². The second-order valence-corrected chi connectivity index (χ2v) is 6.07. The molecule has 0 aliphatic rings. The number of hydrogen-bond donors (Lipinski definition) is 1. The van der Waals surface area contributed by atoms with Gasteiger partial charge in [-0.3, -0.25) is 4.98 Å². The first-order chi connectivity index (χ1) is 12.2. The summed E-state index contributed by atoms with van der Waals surface area (Å²) in [5.74, 6) is 1.44. The minimum atomic E-state index is 0.653. The number of anilines is 1. The topological polar surface area (TPSA) is 50.7 Å². The summed E-state index contributed by atoms with van der Waals surface area (Å²) in [6, 6.07) is 17.8. The molecule has 4 aromatic rings. The number of fused-ring (bicyclic) bond motifs is 1. The fourth-order valence-corrected chi connectivity index (χ4v) is 2.98. The van der Waals surface area contributed by atoms with Gasteiger partial charge in [-0.05, 0) is 47.5 Å². The van der Waals surface area contributed by atoms with E-state index in [1.54, 1.807) is 12.4 Å². The van der Waals surface area contributed by atoms with Crippen molar-refractivity contribution >= 4 is 28.3 Å². The lowest BCUT2D eigenvalue weighted by Gasteiger charge is -2.10. The van der Waals surface area contributed by atoms with Crippen LogP contribution in [0, 0.1) is 0 Å². The van der Waals surface area contributed by atoms with Gasteiger partial charge in [0.2, 0.25) is 0 Å². The molecule has 2 aromatic carbocycles. The molecule has 0 fully saturated rings. The van der Waals surface area contributed by atoms with Gasteiger partial charge in [0, 0.05) is 35.4 Å². The molecule has 5 heteroatoms. The van der Waals surface area contributed by atoms with Gasteiger partial charge in [-0.1, -0.05) is 29.8 Å². The lowest BCUT2D eigenvalue weighted by atomic mass is 10.0. The smallest absolute Gasteiger partial charge is 0.163 e. The third-order valence-corrected chi connectivity index (χ3v) is 4.25. The van der Waals surface area contributed by atoms with Crippen LogP contribution in [0.15, 0.2) is 67.0 Å². The van der Waals surface area contributed by atoms with Crippen LogP contribution in [0.1, 0.15) is 0 Å². The molecule has 0 saturated heterocycles. The van der Waals surface area contributed by atoms with Crippen molar-refractivity contribution in [2.75, 3.05) is 12.4 Å². The van der Waals surface area contributed by atoms with Crippen LogP contribution in [0.25, 0.3) is 33.4 Å². The fraction of sp³-hybridized carbons (Fsp3) is 0.0500. The number of halogens is 1. The van der Waals surface area contributed by atoms with Crippen molar-refractivity contribution in [1.29, 1.82) is 0 Å². The highest BCUT2D eigenvalue weighted by molar-refractivity contribution is 6.30.